The number of amides is 1. The van der Waals surface area contributed by atoms with E-state index >= 15 is 0 Å². The van der Waals surface area contributed by atoms with Gasteiger partial charge in [-0.3, -0.25) is 4.79 Å². The Bertz CT molecular complexity index is 1040. The molecular formula is C21H24ClFN6O. The van der Waals surface area contributed by atoms with Gasteiger partial charge in [-0.05, 0) is 32.4 Å². The third kappa shape index (κ3) is 3.92. The normalized spacial score (nSPS) is 20.5. The SMILES string of the molecule is CC(C)(Nc1nc(C2=CNC3NC=C(Cl)CC23)nc2ccccc12)C(=O)NCCF. The summed E-state index contributed by atoms with van der Waals surface area (Å²) in [6.07, 6.45) is 4.45. The minimum atomic E-state index is -0.993. The van der Waals surface area contributed by atoms with Gasteiger partial charge in [-0.15, -0.1) is 0 Å². The lowest BCUT2D eigenvalue weighted by atomic mass is 9.93. The molecule has 0 radical (unpaired) electrons. The molecule has 0 saturated carbocycles. The number of anilines is 1. The van der Waals surface area contributed by atoms with Gasteiger partial charge in [0.1, 0.15) is 24.2 Å². The standard InChI is InChI=1S/C21H24ClFN6O/c1-21(2,20(30)24-8-7-23)29-19-13-5-3-4-6-16(13)27-18(28-19)15-11-26-17-14(15)9-12(22)10-25-17/h3-6,10-11,14,17,25-26H,7-9H2,1-2H3,(H,24,30)(H,27,28,29). The Morgan fingerprint density at radius 3 is 2.83 bits per heavy atom. The minimum Gasteiger partial charge on any atom is -0.370 e. The summed E-state index contributed by atoms with van der Waals surface area (Å²) < 4.78 is 12.5. The maximum atomic E-state index is 12.5. The van der Waals surface area contributed by atoms with E-state index < -0.39 is 12.2 Å². The number of hydrogen-bond acceptors (Lipinski definition) is 6. The second kappa shape index (κ2) is 8.10. The van der Waals surface area contributed by atoms with Crippen LogP contribution >= 0.6 is 11.6 Å². The molecule has 7 nitrogen and oxygen atoms in total. The largest absolute Gasteiger partial charge is 0.370 e. The molecule has 1 amide bonds. The predicted molar refractivity (Wildman–Crippen MR) is 116 cm³/mol. The molecule has 0 aliphatic carbocycles. The number of nitrogens with one attached hydrogen (secondary N) is 4. The summed E-state index contributed by atoms with van der Waals surface area (Å²) in [5, 5.41) is 13.9. The summed E-state index contributed by atoms with van der Waals surface area (Å²) in [4.78, 5) is 22.0. The van der Waals surface area contributed by atoms with Crippen molar-refractivity contribution in [3.63, 3.8) is 0 Å². The Kier molecular flexibility index (Phi) is 5.51. The lowest BCUT2D eigenvalue weighted by Crippen LogP contribution is -2.48. The molecular weight excluding hydrogens is 407 g/mol. The van der Waals surface area contributed by atoms with E-state index in [9.17, 15) is 9.18 Å². The Hall–Kier alpha value is -2.87. The second-order valence-electron chi connectivity index (χ2n) is 7.92. The smallest absolute Gasteiger partial charge is 0.245 e. The van der Waals surface area contributed by atoms with E-state index in [0.29, 0.717) is 18.1 Å². The van der Waals surface area contributed by atoms with E-state index in [1.807, 2.05) is 30.5 Å². The summed E-state index contributed by atoms with van der Waals surface area (Å²) >= 11 is 6.25. The predicted octanol–water partition coefficient (Wildman–Crippen LogP) is 2.87. The van der Waals surface area contributed by atoms with Gasteiger partial charge in [-0.25, -0.2) is 14.4 Å². The molecule has 2 aliphatic heterocycles. The first kappa shape index (κ1) is 20.4. The molecule has 2 atom stereocenters. The molecule has 0 fully saturated rings. The average Bonchev–Trinajstić information content (AvgIpc) is 3.14. The van der Waals surface area contributed by atoms with Crippen molar-refractivity contribution in [3.05, 3.63) is 47.5 Å². The Morgan fingerprint density at radius 2 is 2.03 bits per heavy atom. The number of hydrogen-bond donors (Lipinski definition) is 4. The lowest BCUT2D eigenvalue weighted by molar-refractivity contribution is -0.124. The fourth-order valence-electron chi connectivity index (χ4n) is 3.69. The van der Waals surface area contributed by atoms with E-state index in [0.717, 1.165) is 21.5 Å². The maximum Gasteiger partial charge on any atom is 0.245 e. The summed E-state index contributed by atoms with van der Waals surface area (Å²) in [6, 6.07) is 7.62. The zero-order valence-corrected chi connectivity index (χ0v) is 17.6. The first-order chi connectivity index (χ1) is 14.4. The van der Waals surface area contributed by atoms with Crippen LogP contribution in [0.2, 0.25) is 0 Å². The highest BCUT2D eigenvalue weighted by Crippen LogP contribution is 2.37. The van der Waals surface area contributed by atoms with Crippen LogP contribution < -0.4 is 21.3 Å². The molecule has 30 heavy (non-hydrogen) atoms. The Morgan fingerprint density at radius 1 is 1.27 bits per heavy atom. The number of benzene rings is 1. The van der Waals surface area contributed by atoms with Crippen molar-refractivity contribution in [1.29, 1.82) is 0 Å². The number of rotatable bonds is 6. The van der Waals surface area contributed by atoms with Gasteiger partial charge >= 0.3 is 0 Å². The number of halogens is 2. The van der Waals surface area contributed by atoms with Crippen LogP contribution in [0, 0.1) is 5.92 Å². The van der Waals surface area contributed by atoms with Crippen LogP contribution in [-0.2, 0) is 4.79 Å². The number of nitrogens with zero attached hydrogens (tertiary/aromatic N) is 2. The highest BCUT2D eigenvalue weighted by molar-refractivity contribution is 6.29. The van der Waals surface area contributed by atoms with Gasteiger partial charge in [0.15, 0.2) is 5.82 Å². The fourth-order valence-corrected chi connectivity index (χ4v) is 3.92. The van der Waals surface area contributed by atoms with Gasteiger partial charge in [0.2, 0.25) is 5.91 Å². The lowest BCUT2D eigenvalue weighted by Gasteiger charge is -2.28. The highest BCUT2D eigenvalue weighted by atomic mass is 35.5. The van der Waals surface area contributed by atoms with E-state index in [-0.39, 0.29) is 24.5 Å². The van der Waals surface area contributed by atoms with Crippen molar-refractivity contribution in [2.75, 3.05) is 18.5 Å². The van der Waals surface area contributed by atoms with Crippen molar-refractivity contribution in [2.24, 2.45) is 5.92 Å². The number of carbonyl (C=O) groups is 1. The number of alkyl halides is 1. The molecule has 9 heteroatoms. The fraction of sp³-hybridized carbons (Fsp3) is 0.381. The third-order valence-corrected chi connectivity index (χ3v) is 5.56. The second-order valence-corrected chi connectivity index (χ2v) is 8.41. The van der Waals surface area contributed by atoms with Crippen LogP contribution in [0.4, 0.5) is 10.2 Å². The Balaban J connectivity index is 1.70. The molecule has 4 rings (SSSR count). The molecule has 1 aromatic carbocycles. The summed E-state index contributed by atoms with van der Waals surface area (Å²) in [5.74, 6) is 0.909. The molecule has 2 aromatic rings. The molecule has 0 spiro atoms. The molecule has 1 aromatic heterocycles. The van der Waals surface area contributed by atoms with Crippen molar-refractivity contribution in [2.45, 2.75) is 32.0 Å². The topological polar surface area (TPSA) is 91.0 Å². The molecule has 2 unspecified atom stereocenters. The van der Waals surface area contributed by atoms with E-state index in [1.165, 1.54) is 0 Å². The van der Waals surface area contributed by atoms with Crippen molar-refractivity contribution >= 4 is 39.8 Å². The van der Waals surface area contributed by atoms with Gasteiger partial charge in [0.05, 0.1) is 5.52 Å². The van der Waals surface area contributed by atoms with Gasteiger partial charge in [-0.2, -0.15) is 0 Å². The molecule has 4 N–H and O–H groups in total. The van der Waals surface area contributed by atoms with Gasteiger partial charge < -0.3 is 21.3 Å². The molecule has 0 saturated heterocycles. The number of aromatic nitrogens is 2. The van der Waals surface area contributed by atoms with Crippen molar-refractivity contribution in [1.82, 2.24) is 25.9 Å². The summed E-state index contributed by atoms with van der Waals surface area (Å²) in [7, 11) is 0. The van der Waals surface area contributed by atoms with E-state index in [1.54, 1.807) is 20.0 Å². The zero-order valence-electron chi connectivity index (χ0n) is 16.8. The van der Waals surface area contributed by atoms with Crippen molar-refractivity contribution in [3.8, 4) is 0 Å². The van der Waals surface area contributed by atoms with Gasteiger partial charge in [-0.1, -0.05) is 23.7 Å². The number of para-hydroxylation sites is 1. The monoisotopic (exact) mass is 430 g/mol. The molecule has 3 heterocycles. The third-order valence-electron chi connectivity index (χ3n) is 5.29. The van der Waals surface area contributed by atoms with Crippen LogP contribution in [-0.4, -0.2) is 40.8 Å². The van der Waals surface area contributed by atoms with Crippen LogP contribution in [0.15, 0.2) is 41.7 Å². The highest BCUT2D eigenvalue weighted by Gasteiger charge is 2.35. The van der Waals surface area contributed by atoms with Crippen molar-refractivity contribution < 1.29 is 9.18 Å². The molecule has 2 aliphatic rings. The quantitative estimate of drug-likeness (QED) is 0.563. The summed E-state index contributed by atoms with van der Waals surface area (Å²) in [5.41, 5.74) is 0.722. The van der Waals surface area contributed by atoms with E-state index in [4.69, 9.17) is 21.6 Å². The van der Waals surface area contributed by atoms with E-state index in [2.05, 4.69) is 21.3 Å². The number of allylic oxidation sites excluding steroid dienone is 1. The first-order valence-electron chi connectivity index (χ1n) is 9.85. The van der Waals surface area contributed by atoms with Crippen LogP contribution in [0.25, 0.3) is 16.5 Å². The maximum absolute atomic E-state index is 12.5. The molecule has 0 bridgehead atoms. The minimum absolute atomic E-state index is 0.0252. The summed E-state index contributed by atoms with van der Waals surface area (Å²) in [6.45, 7) is 2.83. The zero-order chi connectivity index (χ0) is 21.3. The number of carbonyl (C=O) groups excluding carboxylic acids is 1. The average molecular weight is 431 g/mol. The molecule has 158 valence electrons. The van der Waals surface area contributed by atoms with Crippen LogP contribution in [0.5, 0.6) is 0 Å². The Labute approximate surface area is 179 Å². The van der Waals surface area contributed by atoms with Gasteiger partial charge in [0, 0.05) is 40.9 Å². The first-order valence-corrected chi connectivity index (χ1v) is 10.2. The van der Waals surface area contributed by atoms with Gasteiger partial charge in [0.25, 0.3) is 0 Å². The van der Waals surface area contributed by atoms with Crippen LogP contribution in [0.3, 0.4) is 0 Å². The van der Waals surface area contributed by atoms with Crippen LogP contribution in [0.1, 0.15) is 26.1 Å². The number of fused-ring (bicyclic) bond motifs is 2.